The molecule has 7 heteroatoms. The molecule has 3 rings (SSSR count). The minimum absolute atomic E-state index is 0.00852. The number of halogens is 3. The summed E-state index contributed by atoms with van der Waals surface area (Å²) in [6.07, 6.45) is -1.07. The first-order valence-corrected chi connectivity index (χ1v) is 10.4. The summed E-state index contributed by atoms with van der Waals surface area (Å²) in [5.41, 5.74) is 0.547. The molecular formula is C25H25F3O4. The summed E-state index contributed by atoms with van der Waals surface area (Å²) in [4.78, 5) is 11.4. The van der Waals surface area contributed by atoms with Crippen molar-refractivity contribution in [2.24, 2.45) is 0 Å². The van der Waals surface area contributed by atoms with E-state index in [1.54, 1.807) is 30.3 Å². The number of hydrogen-bond acceptors (Lipinski definition) is 4. The molecule has 170 valence electrons. The average Bonchev–Trinajstić information content (AvgIpc) is 3.16. The maximum absolute atomic E-state index is 13.8. The Morgan fingerprint density at radius 3 is 2.56 bits per heavy atom. The number of furan rings is 1. The Balaban J connectivity index is 1.85. The standard InChI is InChI=1S/C25H25F3O4/c1-4-5-6-7-17-8-11-20(21(12-17)25(26,27)28)23-13-18-9-10-19(14-22(18)32-23)30-15-31-24(29)16(2)3/h8-14H,2,4-7,15H2,1,3H3. The van der Waals surface area contributed by atoms with Gasteiger partial charge in [-0.3, -0.25) is 0 Å². The lowest BCUT2D eigenvalue weighted by Gasteiger charge is -2.13. The highest BCUT2D eigenvalue weighted by molar-refractivity contribution is 5.87. The van der Waals surface area contributed by atoms with E-state index < -0.39 is 17.7 Å². The number of ether oxygens (including phenoxy) is 2. The number of unbranched alkanes of at least 4 members (excludes halogenated alkanes) is 2. The van der Waals surface area contributed by atoms with E-state index in [2.05, 4.69) is 13.5 Å². The van der Waals surface area contributed by atoms with Gasteiger partial charge in [-0.25, -0.2) is 4.79 Å². The second kappa shape index (κ2) is 9.94. The Bertz CT molecular complexity index is 1110. The van der Waals surface area contributed by atoms with Gasteiger partial charge in [0.2, 0.25) is 6.79 Å². The molecule has 0 atom stereocenters. The van der Waals surface area contributed by atoms with Gasteiger partial charge in [-0.05, 0) is 49.6 Å². The summed E-state index contributed by atoms with van der Waals surface area (Å²) in [5.74, 6) is -0.0993. The molecule has 0 radical (unpaired) electrons. The van der Waals surface area contributed by atoms with Gasteiger partial charge >= 0.3 is 12.1 Å². The SMILES string of the molecule is C=C(C)C(=O)OCOc1ccc2cc(-c3ccc(CCCCC)cc3C(F)(F)F)oc2c1. The summed E-state index contributed by atoms with van der Waals surface area (Å²) >= 11 is 0. The van der Waals surface area contributed by atoms with Crippen molar-refractivity contribution in [2.75, 3.05) is 6.79 Å². The molecule has 0 bridgehead atoms. The molecule has 0 spiro atoms. The van der Waals surface area contributed by atoms with Gasteiger partial charge in [0.15, 0.2) is 0 Å². The Hall–Kier alpha value is -3.22. The molecule has 0 saturated heterocycles. The van der Waals surface area contributed by atoms with Crippen LogP contribution in [-0.4, -0.2) is 12.8 Å². The zero-order valence-corrected chi connectivity index (χ0v) is 18.1. The van der Waals surface area contributed by atoms with Gasteiger partial charge in [0.05, 0.1) is 5.56 Å². The minimum Gasteiger partial charge on any atom is -0.457 e. The topological polar surface area (TPSA) is 48.7 Å². The van der Waals surface area contributed by atoms with E-state index in [-0.39, 0.29) is 23.7 Å². The fourth-order valence-electron chi connectivity index (χ4n) is 3.28. The van der Waals surface area contributed by atoms with Gasteiger partial charge < -0.3 is 13.9 Å². The average molecular weight is 446 g/mol. The Labute approximate surface area is 184 Å². The lowest BCUT2D eigenvalue weighted by molar-refractivity contribution is -0.145. The first-order valence-electron chi connectivity index (χ1n) is 10.4. The molecular weight excluding hydrogens is 421 g/mol. The van der Waals surface area contributed by atoms with Crippen molar-refractivity contribution < 1.29 is 31.9 Å². The molecule has 0 unspecified atom stereocenters. The van der Waals surface area contributed by atoms with Crippen molar-refractivity contribution in [1.82, 2.24) is 0 Å². The second-order valence-electron chi connectivity index (χ2n) is 7.62. The van der Waals surface area contributed by atoms with E-state index in [1.165, 1.54) is 19.1 Å². The van der Waals surface area contributed by atoms with Crippen molar-refractivity contribution in [2.45, 2.75) is 45.7 Å². The molecule has 1 heterocycles. The summed E-state index contributed by atoms with van der Waals surface area (Å²) in [6, 6.07) is 10.8. The van der Waals surface area contributed by atoms with Crippen LogP contribution in [0.25, 0.3) is 22.3 Å². The van der Waals surface area contributed by atoms with E-state index in [1.807, 2.05) is 0 Å². The van der Waals surface area contributed by atoms with Crippen molar-refractivity contribution in [1.29, 1.82) is 0 Å². The number of hydrogen-bond donors (Lipinski definition) is 0. The first kappa shape index (κ1) is 23.4. The van der Waals surface area contributed by atoms with Crippen LogP contribution >= 0.6 is 0 Å². The fourth-order valence-corrected chi connectivity index (χ4v) is 3.28. The molecule has 1 aromatic heterocycles. The smallest absolute Gasteiger partial charge is 0.417 e. The highest BCUT2D eigenvalue weighted by atomic mass is 19.4. The molecule has 0 aliphatic carbocycles. The van der Waals surface area contributed by atoms with Gasteiger partial charge in [0.25, 0.3) is 0 Å². The summed E-state index contributed by atoms with van der Waals surface area (Å²) in [7, 11) is 0. The fraction of sp³-hybridized carbons (Fsp3) is 0.320. The number of carbonyl (C=O) groups excluding carboxylic acids is 1. The molecule has 32 heavy (non-hydrogen) atoms. The number of esters is 1. The van der Waals surface area contributed by atoms with Gasteiger partial charge in [0, 0.05) is 22.6 Å². The Morgan fingerprint density at radius 1 is 1.09 bits per heavy atom. The highest BCUT2D eigenvalue weighted by Gasteiger charge is 2.34. The molecule has 3 aromatic rings. The molecule has 0 aliphatic heterocycles. The highest BCUT2D eigenvalue weighted by Crippen LogP contribution is 2.40. The van der Waals surface area contributed by atoms with Crippen molar-refractivity contribution >= 4 is 16.9 Å². The summed E-state index contributed by atoms with van der Waals surface area (Å²) < 4.78 is 57.3. The predicted molar refractivity (Wildman–Crippen MR) is 116 cm³/mol. The maximum Gasteiger partial charge on any atom is 0.417 e. The van der Waals surface area contributed by atoms with Crippen LogP contribution in [0.5, 0.6) is 5.75 Å². The third-order valence-corrected chi connectivity index (χ3v) is 4.98. The lowest BCUT2D eigenvalue weighted by Crippen LogP contribution is -2.10. The number of benzene rings is 2. The van der Waals surface area contributed by atoms with E-state index in [0.717, 1.165) is 19.3 Å². The molecule has 0 aliphatic rings. The van der Waals surface area contributed by atoms with E-state index in [9.17, 15) is 18.0 Å². The molecule has 0 amide bonds. The van der Waals surface area contributed by atoms with E-state index in [0.29, 0.717) is 28.7 Å². The van der Waals surface area contributed by atoms with Gasteiger partial charge in [-0.15, -0.1) is 0 Å². The third-order valence-electron chi connectivity index (χ3n) is 4.98. The maximum atomic E-state index is 13.8. The summed E-state index contributed by atoms with van der Waals surface area (Å²) in [6.45, 7) is 6.73. The monoisotopic (exact) mass is 446 g/mol. The van der Waals surface area contributed by atoms with E-state index >= 15 is 0 Å². The van der Waals surface area contributed by atoms with Crippen LogP contribution in [-0.2, 0) is 22.1 Å². The quantitative estimate of drug-likeness (QED) is 0.150. The Kier molecular flexibility index (Phi) is 7.28. The Morgan fingerprint density at radius 2 is 1.88 bits per heavy atom. The normalized spacial score (nSPS) is 11.5. The molecule has 0 saturated carbocycles. The van der Waals surface area contributed by atoms with Gasteiger partial charge in [-0.1, -0.05) is 38.5 Å². The molecule has 0 N–H and O–H groups in total. The van der Waals surface area contributed by atoms with Crippen LogP contribution in [0.1, 0.15) is 44.2 Å². The van der Waals surface area contributed by atoms with Crippen LogP contribution in [0, 0.1) is 0 Å². The zero-order chi connectivity index (χ0) is 23.3. The van der Waals surface area contributed by atoms with E-state index in [4.69, 9.17) is 13.9 Å². The molecule has 0 fully saturated rings. The number of alkyl halides is 3. The van der Waals surface area contributed by atoms with Gasteiger partial charge in [-0.2, -0.15) is 13.2 Å². The van der Waals surface area contributed by atoms with Gasteiger partial charge in [0.1, 0.15) is 17.1 Å². The van der Waals surface area contributed by atoms with Crippen molar-refractivity contribution in [3.8, 4) is 17.1 Å². The number of aryl methyl sites for hydroxylation is 1. The molecule has 4 nitrogen and oxygen atoms in total. The summed E-state index contributed by atoms with van der Waals surface area (Å²) in [5, 5.41) is 0.631. The van der Waals surface area contributed by atoms with Crippen LogP contribution < -0.4 is 4.74 Å². The van der Waals surface area contributed by atoms with Crippen molar-refractivity contribution in [3.63, 3.8) is 0 Å². The van der Waals surface area contributed by atoms with Crippen LogP contribution in [0.3, 0.4) is 0 Å². The first-order chi connectivity index (χ1) is 15.2. The number of carbonyl (C=O) groups is 1. The number of fused-ring (bicyclic) bond motifs is 1. The lowest BCUT2D eigenvalue weighted by atomic mass is 9.98. The van der Waals surface area contributed by atoms with Crippen molar-refractivity contribution in [3.05, 3.63) is 65.7 Å². The zero-order valence-electron chi connectivity index (χ0n) is 18.1. The largest absolute Gasteiger partial charge is 0.457 e. The predicted octanol–water partition coefficient (Wildman–Crippen LogP) is 7.31. The third kappa shape index (κ3) is 5.72. The number of rotatable bonds is 9. The molecule has 2 aromatic carbocycles. The minimum atomic E-state index is -4.50. The van der Waals surface area contributed by atoms with Crippen LogP contribution in [0.2, 0.25) is 0 Å². The van der Waals surface area contributed by atoms with Crippen LogP contribution in [0.15, 0.2) is 59.0 Å². The second-order valence-corrected chi connectivity index (χ2v) is 7.62. The van der Waals surface area contributed by atoms with Crippen LogP contribution in [0.4, 0.5) is 13.2 Å².